The molecule has 0 aliphatic rings. The molecule has 0 bridgehead atoms. The van der Waals surface area contributed by atoms with Crippen molar-refractivity contribution in [1.29, 1.82) is 0 Å². The first-order chi connectivity index (χ1) is 14.4. The van der Waals surface area contributed by atoms with Crippen LogP contribution in [0.15, 0.2) is 53.3 Å². The number of aryl methyl sites for hydroxylation is 1. The molecule has 2 heterocycles. The van der Waals surface area contributed by atoms with Gasteiger partial charge in [0, 0.05) is 17.1 Å². The van der Waals surface area contributed by atoms with Crippen LogP contribution in [0, 0.1) is 12.7 Å². The number of carbonyl (C=O) groups is 1. The molecule has 2 aromatic heterocycles. The Morgan fingerprint density at radius 2 is 1.87 bits per heavy atom. The van der Waals surface area contributed by atoms with Crippen LogP contribution in [-0.4, -0.2) is 20.7 Å². The molecule has 0 radical (unpaired) electrons. The van der Waals surface area contributed by atoms with Crippen LogP contribution < -0.4 is 10.9 Å². The molecule has 2 aromatic carbocycles. The normalized spacial score (nSPS) is 11.0. The second kappa shape index (κ2) is 8.33. The van der Waals surface area contributed by atoms with Crippen molar-refractivity contribution in [3.8, 4) is 11.3 Å². The Bertz CT molecular complexity index is 1280. The third-order valence-electron chi connectivity index (χ3n) is 4.42. The molecule has 6 nitrogen and oxygen atoms in total. The maximum absolute atomic E-state index is 13.0. The van der Waals surface area contributed by atoms with E-state index >= 15 is 0 Å². The van der Waals surface area contributed by atoms with Crippen LogP contribution in [0.25, 0.3) is 21.5 Å². The van der Waals surface area contributed by atoms with Gasteiger partial charge in [0.1, 0.15) is 18.1 Å². The van der Waals surface area contributed by atoms with E-state index in [1.165, 1.54) is 23.5 Å². The summed E-state index contributed by atoms with van der Waals surface area (Å²) in [6.45, 7) is 1.78. The first kappa shape index (κ1) is 20.2. The molecule has 0 unspecified atom stereocenters. The quantitative estimate of drug-likeness (QED) is 0.508. The highest BCUT2D eigenvalue weighted by atomic mass is 35.5. The number of nitrogens with one attached hydrogen (secondary N) is 1. The number of nitrogens with zero attached hydrogens (tertiary/aromatic N) is 3. The van der Waals surface area contributed by atoms with Gasteiger partial charge in [-0.1, -0.05) is 35.9 Å². The summed E-state index contributed by atoms with van der Waals surface area (Å²) in [6, 6.07) is 12.9. The first-order valence-corrected chi connectivity index (χ1v) is 10.3. The van der Waals surface area contributed by atoms with Gasteiger partial charge >= 0.3 is 0 Å². The van der Waals surface area contributed by atoms with Gasteiger partial charge in [-0.25, -0.2) is 14.1 Å². The molecule has 0 saturated carbocycles. The number of aromatic nitrogens is 3. The Balaban J connectivity index is 1.64. The maximum atomic E-state index is 13.0. The van der Waals surface area contributed by atoms with Crippen molar-refractivity contribution < 1.29 is 9.18 Å². The van der Waals surface area contributed by atoms with Crippen molar-refractivity contribution in [2.75, 3.05) is 0 Å². The summed E-state index contributed by atoms with van der Waals surface area (Å²) in [5.74, 6) is -0.732. The lowest BCUT2D eigenvalue weighted by Gasteiger charge is -2.09. The zero-order valence-corrected chi connectivity index (χ0v) is 17.4. The van der Waals surface area contributed by atoms with Crippen LogP contribution in [0.5, 0.6) is 0 Å². The minimum atomic E-state index is -0.427. The minimum absolute atomic E-state index is 0.218. The van der Waals surface area contributed by atoms with Gasteiger partial charge in [-0.05, 0) is 36.8 Å². The van der Waals surface area contributed by atoms with E-state index in [-0.39, 0.29) is 30.3 Å². The highest BCUT2D eigenvalue weighted by Crippen LogP contribution is 2.30. The number of amides is 1. The number of carbonyl (C=O) groups excluding carboxylic acids is 1. The van der Waals surface area contributed by atoms with E-state index in [0.717, 1.165) is 20.8 Å². The molecular weight excluding hydrogens is 427 g/mol. The first-order valence-electron chi connectivity index (χ1n) is 9.06. The fourth-order valence-electron chi connectivity index (χ4n) is 2.96. The van der Waals surface area contributed by atoms with E-state index in [1.807, 2.05) is 19.1 Å². The molecule has 0 aliphatic heterocycles. The predicted molar refractivity (Wildman–Crippen MR) is 115 cm³/mol. The molecule has 0 saturated heterocycles. The average molecular weight is 443 g/mol. The van der Waals surface area contributed by atoms with Gasteiger partial charge in [0.05, 0.1) is 9.71 Å². The standard InChI is InChI=1S/C21H16ClFN4O2S/c1-12-25-19-20(30-12)18(14-4-6-15(22)7-5-14)26-27(21(19)29)11-17(28)24-10-13-2-8-16(23)9-3-13/h2-9H,10-11H2,1H3,(H,24,28). The second-order valence-electron chi connectivity index (χ2n) is 6.63. The van der Waals surface area contributed by atoms with Gasteiger partial charge in [0.15, 0.2) is 5.52 Å². The molecule has 4 rings (SSSR count). The van der Waals surface area contributed by atoms with E-state index < -0.39 is 5.56 Å². The fraction of sp³-hybridized carbons (Fsp3) is 0.143. The number of hydrogen-bond donors (Lipinski definition) is 1. The van der Waals surface area contributed by atoms with Crippen molar-refractivity contribution in [3.63, 3.8) is 0 Å². The number of benzene rings is 2. The van der Waals surface area contributed by atoms with Gasteiger partial charge in [-0.3, -0.25) is 9.59 Å². The molecule has 0 aliphatic carbocycles. The summed E-state index contributed by atoms with van der Waals surface area (Å²) < 4.78 is 14.8. The molecule has 9 heteroatoms. The monoisotopic (exact) mass is 442 g/mol. The Morgan fingerprint density at radius 1 is 1.17 bits per heavy atom. The Kier molecular flexibility index (Phi) is 5.61. The van der Waals surface area contributed by atoms with Crippen LogP contribution in [0.3, 0.4) is 0 Å². The molecular formula is C21H16ClFN4O2S. The Hall–Kier alpha value is -3.10. The third-order valence-corrected chi connectivity index (χ3v) is 5.65. The van der Waals surface area contributed by atoms with E-state index in [2.05, 4.69) is 15.4 Å². The van der Waals surface area contributed by atoms with Gasteiger partial charge < -0.3 is 5.32 Å². The van der Waals surface area contributed by atoms with Gasteiger partial charge in [-0.2, -0.15) is 5.10 Å². The summed E-state index contributed by atoms with van der Waals surface area (Å²) in [7, 11) is 0. The van der Waals surface area contributed by atoms with Crippen LogP contribution in [0.4, 0.5) is 4.39 Å². The molecule has 152 valence electrons. The predicted octanol–water partition coefficient (Wildman–Crippen LogP) is 3.94. The number of halogens is 2. The molecule has 0 atom stereocenters. The largest absolute Gasteiger partial charge is 0.350 e. The highest BCUT2D eigenvalue weighted by Gasteiger charge is 2.18. The number of rotatable bonds is 5. The molecule has 1 N–H and O–H groups in total. The third kappa shape index (κ3) is 4.24. The summed E-state index contributed by atoms with van der Waals surface area (Å²) in [4.78, 5) is 29.6. The van der Waals surface area contributed by atoms with Crippen molar-refractivity contribution >= 4 is 39.1 Å². The maximum Gasteiger partial charge on any atom is 0.294 e. The van der Waals surface area contributed by atoms with Crippen molar-refractivity contribution in [3.05, 3.63) is 80.3 Å². The molecule has 0 spiro atoms. The Labute approximate surface area is 180 Å². The lowest BCUT2D eigenvalue weighted by atomic mass is 10.1. The van der Waals surface area contributed by atoms with Gasteiger partial charge in [0.2, 0.25) is 5.91 Å². The SMILES string of the molecule is Cc1nc2c(=O)n(CC(=O)NCc3ccc(F)cc3)nc(-c3ccc(Cl)cc3)c2s1. The van der Waals surface area contributed by atoms with Crippen molar-refractivity contribution in [1.82, 2.24) is 20.1 Å². The zero-order valence-electron chi connectivity index (χ0n) is 15.9. The topological polar surface area (TPSA) is 76.9 Å². The summed E-state index contributed by atoms with van der Waals surface area (Å²) in [6.07, 6.45) is 0. The molecule has 0 fully saturated rings. The van der Waals surface area contributed by atoms with Gasteiger partial charge in [0.25, 0.3) is 5.56 Å². The summed E-state index contributed by atoms with van der Waals surface area (Å²) >= 11 is 7.36. The van der Waals surface area contributed by atoms with Crippen molar-refractivity contribution in [2.24, 2.45) is 0 Å². The fourth-order valence-corrected chi connectivity index (χ4v) is 4.01. The number of fused-ring (bicyclic) bond motifs is 1. The molecule has 4 aromatic rings. The minimum Gasteiger partial charge on any atom is -0.350 e. The molecule has 30 heavy (non-hydrogen) atoms. The van der Waals surface area contributed by atoms with Crippen molar-refractivity contribution in [2.45, 2.75) is 20.0 Å². The Morgan fingerprint density at radius 3 is 2.57 bits per heavy atom. The lowest BCUT2D eigenvalue weighted by Crippen LogP contribution is -2.33. The lowest BCUT2D eigenvalue weighted by molar-refractivity contribution is -0.122. The van der Waals surface area contributed by atoms with E-state index in [1.54, 1.807) is 24.3 Å². The zero-order chi connectivity index (χ0) is 21.3. The van der Waals surface area contributed by atoms with Crippen LogP contribution >= 0.6 is 22.9 Å². The highest BCUT2D eigenvalue weighted by molar-refractivity contribution is 7.19. The number of thiazole rings is 1. The second-order valence-corrected chi connectivity index (χ2v) is 8.27. The van der Waals surface area contributed by atoms with Crippen LogP contribution in [-0.2, 0) is 17.9 Å². The van der Waals surface area contributed by atoms with E-state index in [9.17, 15) is 14.0 Å². The summed E-state index contributed by atoms with van der Waals surface area (Å²) in [5.41, 5.74) is 1.94. The van der Waals surface area contributed by atoms with Crippen LogP contribution in [0.1, 0.15) is 10.6 Å². The summed E-state index contributed by atoms with van der Waals surface area (Å²) in [5, 5.41) is 8.48. The van der Waals surface area contributed by atoms with Gasteiger partial charge in [-0.15, -0.1) is 11.3 Å². The van der Waals surface area contributed by atoms with Crippen LogP contribution in [0.2, 0.25) is 5.02 Å². The average Bonchev–Trinajstić information content (AvgIpc) is 3.12. The number of hydrogen-bond acceptors (Lipinski definition) is 5. The smallest absolute Gasteiger partial charge is 0.294 e. The molecule has 1 amide bonds. The van der Waals surface area contributed by atoms with E-state index in [4.69, 9.17) is 11.6 Å². The van der Waals surface area contributed by atoms with E-state index in [0.29, 0.717) is 15.4 Å².